The van der Waals surface area contributed by atoms with E-state index in [1.54, 1.807) is 4.90 Å². The van der Waals surface area contributed by atoms with E-state index in [4.69, 9.17) is 4.74 Å². The molecule has 2 unspecified atom stereocenters. The first-order valence-corrected chi connectivity index (χ1v) is 10.9. The van der Waals surface area contributed by atoms with Gasteiger partial charge in [0.05, 0.1) is 12.2 Å². The van der Waals surface area contributed by atoms with E-state index in [2.05, 4.69) is 21.6 Å². The SMILES string of the molecule is O=C1CCC(N2Cc3ccc(CN4CCOC5(CCCNC5)C4)cc3C2=O)C(=O)N1. The zero-order valence-electron chi connectivity index (χ0n) is 17.1. The summed E-state index contributed by atoms with van der Waals surface area (Å²) in [6.07, 6.45) is 2.88. The van der Waals surface area contributed by atoms with E-state index >= 15 is 0 Å². The van der Waals surface area contributed by atoms with Gasteiger partial charge in [-0.15, -0.1) is 0 Å². The number of hydrogen-bond donors (Lipinski definition) is 2. The molecule has 0 aromatic heterocycles. The molecule has 0 bridgehead atoms. The highest BCUT2D eigenvalue weighted by Gasteiger charge is 2.40. The number of morpholine rings is 1. The third-order valence-electron chi connectivity index (χ3n) is 6.76. The van der Waals surface area contributed by atoms with Crippen molar-refractivity contribution in [3.05, 3.63) is 34.9 Å². The highest BCUT2D eigenvalue weighted by Crippen LogP contribution is 2.30. The minimum absolute atomic E-state index is 0.0916. The first-order chi connectivity index (χ1) is 14.5. The molecule has 0 radical (unpaired) electrons. The molecule has 4 aliphatic rings. The number of benzene rings is 1. The molecule has 1 aromatic rings. The van der Waals surface area contributed by atoms with Crippen molar-refractivity contribution in [1.82, 2.24) is 20.4 Å². The number of fused-ring (bicyclic) bond motifs is 1. The predicted molar refractivity (Wildman–Crippen MR) is 109 cm³/mol. The Morgan fingerprint density at radius 2 is 2.13 bits per heavy atom. The number of ether oxygens (including phenoxy) is 1. The molecule has 160 valence electrons. The summed E-state index contributed by atoms with van der Waals surface area (Å²) < 4.78 is 6.14. The van der Waals surface area contributed by atoms with Gasteiger partial charge in [-0.25, -0.2) is 0 Å². The van der Waals surface area contributed by atoms with E-state index in [9.17, 15) is 14.4 Å². The molecule has 1 spiro atoms. The van der Waals surface area contributed by atoms with Gasteiger partial charge in [-0.05, 0) is 43.0 Å². The molecular weight excluding hydrogens is 384 g/mol. The van der Waals surface area contributed by atoms with E-state index in [1.165, 1.54) is 0 Å². The van der Waals surface area contributed by atoms with Crippen molar-refractivity contribution in [1.29, 1.82) is 0 Å². The lowest BCUT2D eigenvalue weighted by atomic mass is 9.92. The second-order valence-electron chi connectivity index (χ2n) is 8.91. The molecule has 0 saturated carbocycles. The van der Waals surface area contributed by atoms with E-state index in [1.807, 2.05) is 12.1 Å². The molecule has 3 saturated heterocycles. The summed E-state index contributed by atoms with van der Waals surface area (Å²) in [5, 5.41) is 5.81. The summed E-state index contributed by atoms with van der Waals surface area (Å²) in [7, 11) is 0. The van der Waals surface area contributed by atoms with Gasteiger partial charge in [-0.1, -0.05) is 12.1 Å². The van der Waals surface area contributed by atoms with Crippen molar-refractivity contribution < 1.29 is 19.1 Å². The van der Waals surface area contributed by atoms with E-state index in [0.717, 1.165) is 63.3 Å². The number of nitrogens with one attached hydrogen (secondary N) is 2. The Bertz CT molecular complexity index is 874. The molecule has 3 fully saturated rings. The molecule has 2 atom stereocenters. The Hall–Kier alpha value is -2.29. The second-order valence-corrected chi connectivity index (χ2v) is 8.91. The molecule has 4 heterocycles. The Balaban J connectivity index is 1.28. The van der Waals surface area contributed by atoms with Gasteiger partial charge < -0.3 is 15.0 Å². The van der Waals surface area contributed by atoms with Crippen LogP contribution in [0.4, 0.5) is 0 Å². The van der Waals surface area contributed by atoms with Crippen LogP contribution < -0.4 is 10.6 Å². The monoisotopic (exact) mass is 412 g/mol. The lowest BCUT2D eigenvalue weighted by Crippen LogP contribution is -2.58. The van der Waals surface area contributed by atoms with E-state index in [0.29, 0.717) is 18.5 Å². The van der Waals surface area contributed by atoms with Gasteiger partial charge in [0.2, 0.25) is 11.8 Å². The molecule has 8 nitrogen and oxygen atoms in total. The Morgan fingerprint density at radius 1 is 1.23 bits per heavy atom. The first kappa shape index (κ1) is 19.7. The zero-order valence-corrected chi connectivity index (χ0v) is 17.1. The minimum atomic E-state index is -0.566. The number of hydrogen-bond acceptors (Lipinski definition) is 6. The molecule has 8 heteroatoms. The normalized spacial score (nSPS) is 29.9. The summed E-state index contributed by atoms with van der Waals surface area (Å²) in [5.41, 5.74) is 2.64. The highest BCUT2D eigenvalue weighted by molar-refractivity contribution is 6.05. The molecular formula is C22H28N4O4. The van der Waals surface area contributed by atoms with Crippen LogP contribution in [0.25, 0.3) is 0 Å². The molecule has 30 heavy (non-hydrogen) atoms. The fourth-order valence-corrected chi connectivity index (χ4v) is 5.22. The molecule has 5 rings (SSSR count). The van der Waals surface area contributed by atoms with Crippen molar-refractivity contribution in [2.45, 2.75) is 50.4 Å². The summed E-state index contributed by atoms with van der Waals surface area (Å²) >= 11 is 0. The topological polar surface area (TPSA) is 91.0 Å². The van der Waals surface area contributed by atoms with Crippen molar-refractivity contribution in [2.24, 2.45) is 0 Å². The van der Waals surface area contributed by atoms with E-state index in [-0.39, 0.29) is 29.7 Å². The van der Waals surface area contributed by atoms with Crippen LogP contribution in [0.2, 0.25) is 0 Å². The van der Waals surface area contributed by atoms with E-state index < -0.39 is 6.04 Å². The Morgan fingerprint density at radius 3 is 2.93 bits per heavy atom. The number of imide groups is 1. The standard InChI is InChI=1S/C22H28N4O4/c27-19-5-4-18(20(28)24-19)26-12-16-3-2-15(10-17(16)21(26)29)11-25-8-9-30-22(14-25)6-1-7-23-13-22/h2-3,10,18,23H,1,4-9,11-14H2,(H,24,27,28). The summed E-state index contributed by atoms with van der Waals surface area (Å²) in [5.74, 6) is -0.747. The summed E-state index contributed by atoms with van der Waals surface area (Å²) in [6.45, 7) is 5.67. The third-order valence-corrected chi connectivity index (χ3v) is 6.76. The second kappa shape index (κ2) is 7.76. The van der Waals surface area contributed by atoms with Gasteiger partial charge in [0.15, 0.2) is 0 Å². The van der Waals surface area contributed by atoms with Gasteiger partial charge in [0.1, 0.15) is 6.04 Å². The Kier molecular flexibility index (Phi) is 5.08. The van der Waals surface area contributed by atoms with Crippen LogP contribution in [0.3, 0.4) is 0 Å². The lowest BCUT2D eigenvalue weighted by Gasteiger charge is -2.45. The van der Waals surface area contributed by atoms with Crippen LogP contribution in [-0.2, 0) is 27.4 Å². The van der Waals surface area contributed by atoms with Gasteiger partial charge in [-0.3, -0.25) is 24.6 Å². The Labute approximate surface area is 175 Å². The quantitative estimate of drug-likeness (QED) is 0.699. The van der Waals surface area contributed by atoms with Crippen molar-refractivity contribution in [3.63, 3.8) is 0 Å². The number of piperidine rings is 2. The number of rotatable bonds is 3. The minimum Gasteiger partial charge on any atom is -0.371 e. The highest BCUT2D eigenvalue weighted by atomic mass is 16.5. The number of amides is 3. The maximum atomic E-state index is 13.0. The predicted octanol–water partition coefficient (Wildman–Crippen LogP) is 0.402. The van der Waals surface area contributed by atoms with Crippen molar-refractivity contribution >= 4 is 17.7 Å². The van der Waals surface area contributed by atoms with Crippen LogP contribution >= 0.6 is 0 Å². The fourth-order valence-electron chi connectivity index (χ4n) is 5.22. The molecule has 3 amide bonds. The number of nitrogens with zero attached hydrogens (tertiary/aromatic N) is 2. The average molecular weight is 412 g/mol. The maximum absolute atomic E-state index is 13.0. The maximum Gasteiger partial charge on any atom is 0.255 e. The number of carbonyl (C=O) groups excluding carboxylic acids is 3. The van der Waals surface area contributed by atoms with Crippen LogP contribution in [0.1, 0.15) is 47.2 Å². The van der Waals surface area contributed by atoms with Crippen LogP contribution in [0.5, 0.6) is 0 Å². The van der Waals surface area contributed by atoms with Crippen molar-refractivity contribution in [2.75, 3.05) is 32.8 Å². The van der Waals surface area contributed by atoms with Crippen LogP contribution in [0, 0.1) is 0 Å². The van der Waals surface area contributed by atoms with Crippen LogP contribution in [-0.4, -0.2) is 72.0 Å². The largest absolute Gasteiger partial charge is 0.371 e. The molecule has 2 N–H and O–H groups in total. The molecule has 0 aliphatic carbocycles. The smallest absolute Gasteiger partial charge is 0.255 e. The number of carbonyl (C=O) groups is 3. The van der Waals surface area contributed by atoms with Crippen LogP contribution in [0.15, 0.2) is 18.2 Å². The van der Waals surface area contributed by atoms with Gasteiger partial charge in [0, 0.05) is 44.7 Å². The average Bonchev–Trinajstić information content (AvgIpc) is 3.05. The fraction of sp³-hybridized carbons (Fsp3) is 0.591. The van der Waals surface area contributed by atoms with Gasteiger partial charge >= 0.3 is 0 Å². The molecule has 1 aromatic carbocycles. The van der Waals surface area contributed by atoms with Gasteiger partial charge in [-0.2, -0.15) is 0 Å². The first-order valence-electron chi connectivity index (χ1n) is 10.9. The zero-order chi connectivity index (χ0) is 20.7. The summed E-state index contributed by atoms with van der Waals surface area (Å²) in [6, 6.07) is 5.50. The van der Waals surface area contributed by atoms with Crippen molar-refractivity contribution in [3.8, 4) is 0 Å². The third kappa shape index (κ3) is 3.64. The van der Waals surface area contributed by atoms with Gasteiger partial charge in [0.25, 0.3) is 5.91 Å². The molecule has 4 aliphatic heterocycles. The lowest BCUT2D eigenvalue weighted by molar-refractivity contribution is -0.136. The summed E-state index contributed by atoms with van der Waals surface area (Å²) in [4.78, 5) is 40.7.